The minimum atomic E-state index is -0.242. The molecule has 1 aliphatic heterocycles. The maximum atomic E-state index is 10.4. The summed E-state index contributed by atoms with van der Waals surface area (Å²) in [7, 11) is 0. The molecule has 100 valence electrons. The van der Waals surface area contributed by atoms with Crippen molar-refractivity contribution >= 4 is 11.8 Å². The number of nitrogens with one attached hydrogen (secondary N) is 1. The van der Waals surface area contributed by atoms with E-state index >= 15 is 0 Å². The van der Waals surface area contributed by atoms with Crippen molar-refractivity contribution < 1.29 is 9.59 Å². The fourth-order valence-electron chi connectivity index (χ4n) is 1.14. The lowest BCUT2D eigenvalue weighted by molar-refractivity contribution is -0.125. The van der Waals surface area contributed by atoms with E-state index in [0.717, 1.165) is 24.9 Å². The van der Waals surface area contributed by atoms with Crippen LogP contribution in [0.4, 0.5) is 0 Å². The van der Waals surface area contributed by atoms with Crippen LogP contribution in [-0.4, -0.2) is 18.4 Å². The van der Waals surface area contributed by atoms with Gasteiger partial charge in [-0.2, -0.15) is 0 Å². The van der Waals surface area contributed by atoms with Crippen LogP contribution in [0.3, 0.4) is 0 Å². The molecular formula is C14H22N2O2. The number of amides is 2. The molecule has 0 unspecified atom stereocenters. The normalized spacial score (nSPS) is 11.8. The molecular weight excluding hydrogens is 228 g/mol. The number of primary amides is 1. The highest BCUT2D eigenvalue weighted by molar-refractivity contribution is 5.81. The molecule has 0 bridgehead atoms. The summed E-state index contributed by atoms with van der Waals surface area (Å²) in [5.74, 6) is -0.0566. The summed E-state index contributed by atoms with van der Waals surface area (Å²) in [6.07, 6.45) is 1.92. The predicted octanol–water partition coefficient (Wildman–Crippen LogP) is 1.64. The van der Waals surface area contributed by atoms with Gasteiger partial charge in [0.25, 0.3) is 0 Å². The molecule has 0 aromatic heterocycles. The quantitative estimate of drug-likeness (QED) is 0.800. The Morgan fingerprint density at radius 1 is 1.28 bits per heavy atom. The van der Waals surface area contributed by atoms with Crippen molar-refractivity contribution in [3.63, 3.8) is 0 Å². The van der Waals surface area contributed by atoms with Gasteiger partial charge in [0.15, 0.2) is 0 Å². The highest BCUT2D eigenvalue weighted by Gasteiger charge is 2.07. The van der Waals surface area contributed by atoms with Crippen LogP contribution in [0.2, 0.25) is 0 Å². The van der Waals surface area contributed by atoms with Crippen LogP contribution in [0, 0.1) is 0 Å². The van der Waals surface area contributed by atoms with E-state index < -0.39 is 0 Å². The topological polar surface area (TPSA) is 72.2 Å². The lowest BCUT2D eigenvalue weighted by Gasteiger charge is -2.10. The standard InChI is InChI=1S/C9H11NO.C3H5NO.C2H6/c10-9(11)7-6-8-4-2-1-3-5-8;5-3-1-2-4-3;1-2/h1-5H,6-7H2,(H2,10,11);1-2H2,(H,4,5);1-2H3. The van der Waals surface area contributed by atoms with Crippen LogP contribution in [-0.2, 0) is 16.0 Å². The Kier molecular flexibility index (Phi) is 9.27. The number of nitrogens with two attached hydrogens (primary N) is 1. The highest BCUT2D eigenvalue weighted by Crippen LogP contribution is 2.01. The number of carbonyl (C=O) groups is 2. The van der Waals surface area contributed by atoms with Gasteiger partial charge in [-0.15, -0.1) is 0 Å². The van der Waals surface area contributed by atoms with Gasteiger partial charge in [-0.1, -0.05) is 44.2 Å². The lowest BCUT2D eigenvalue weighted by atomic mass is 10.1. The first-order valence-electron chi connectivity index (χ1n) is 6.27. The molecule has 0 spiro atoms. The molecule has 0 aliphatic carbocycles. The van der Waals surface area contributed by atoms with E-state index in [1.54, 1.807) is 0 Å². The number of rotatable bonds is 3. The van der Waals surface area contributed by atoms with Gasteiger partial charge in [0.2, 0.25) is 11.8 Å². The maximum Gasteiger partial charge on any atom is 0.221 e. The van der Waals surface area contributed by atoms with Crippen LogP contribution in [0.5, 0.6) is 0 Å². The zero-order valence-electron chi connectivity index (χ0n) is 11.1. The molecule has 0 radical (unpaired) electrons. The first-order chi connectivity index (χ1) is 8.68. The third kappa shape index (κ3) is 8.33. The first kappa shape index (κ1) is 16.2. The van der Waals surface area contributed by atoms with Crippen molar-refractivity contribution in [1.29, 1.82) is 0 Å². The predicted molar refractivity (Wildman–Crippen MR) is 72.9 cm³/mol. The molecule has 1 fully saturated rings. The van der Waals surface area contributed by atoms with Crippen molar-refractivity contribution in [2.75, 3.05) is 6.54 Å². The molecule has 4 nitrogen and oxygen atoms in total. The number of hydrogen-bond donors (Lipinski definition) is 2. The van der Waals surface area contributed by atoms with Crippen molar-refractivity contribution in [2.45, 2.75) is 33.1 Å². The highest BCUT2D eigenvalue weighted by atomic mass is 16.2. The van der Waals surface area contributed by atoms with Gasteiger partial charge < -0.3 is 11.1 Å². The largest absolute Gasteiger partial charge is 0.370 e. The smallest absolute Gasteiger partial charge is 0.221 e. The Labute approximate surface area is 109 Å². The van der Waals surface area contributed by atoms with E-state index in [-0.39, 0.29) is 11.8 Å². The molecule has 0 saturated carbocycles. The number of benzene rings is 1. The van der Waals surface area contributed by atoms with E-state index in [1.165, 1.54) is 0 Å². The van der Waals surface area contributed by atoms with E-state index in [9.17, 15) is 9.59 Å². The number of carbonyl (C=O) groups excluding carboxylic acids is 2. The summed E-state index contributed by atoms with van der Waals surface area (Å²) in [5, 5.41) is 2.57. The summed E-state index contributed by atoms with van der Waals surface area (Å²) in [4.78, 5) is 20.2. The molecule has 4 heteroatoms. The molecule has 1 aliphatic rings. The van der Waals surface area contributed by atoms with Crippen LogP contribution in [0.15, 0.2) is 30.3 Å². The van der Waals surface area contributed by atoms with Gasteiger partial charge in [0.1, 0.15) is 0 Å². The second-order valence-corrected chi connectivity index (χ2v) is 3.55. The van der Waals surface area contributed by atoms with Crippen LogP contribution in [0.25, 0.3) is 0 Å². The fourth-order valence-corrected chi connectivity index (χ4v) is 1.14. The summed E-state index contributed by atoms with van der Waals surface area (Å²) in [5.41, 5.74) is 6.16. The fraction of sp³-hybridized carbons (Fsp3) is 0.429. The molecule has 18 heavy (non-hydrogen) atoms. The van der Waals surface area contributed by atoms with Gasteiger partial charge in [-0.05, 0) is 12.0 Å². The van der Waals surface area contributed by atoms with Crippen molar-refractivity contribution in [3.8, 4) is 0 Å². The SMILES string of the molecule is CC.NC(=O)CCc1ccccc1.O=C1CCN1. The maximum absolute atomic E-state index is 10.4. The minimum Gasteiger partial charge on any atom is -0.370 e. The van der Waals surface area contributed by atoms with Crippen LogP contribution >= 0.6 is 0 Å². The zero-order chi connectivity index (χ0) is 13.8. The van der Waals surface area contributed by atoms with Gasteiger partial charge in [0.05, 0.1) is 0 Å². The van der Waals surface area contributed by atoms with Crippen LogP contribution < -0.4 is 11.1 Å². The molecule has 2 rings (SSSR count). The minimum absolute atomic E-state index is 0.185. The Morgan fingerprint density at radius 2 is 1.78 bits per heavy atom. The third-order valence-corrected chi connectivity index (χ3v) is 2.18. The summed E-state index contributed by atoms with van der Waals surface area (Å²) >= 11 is 0. The second kappa shape index (κ2) is 10.3. The van der Waals surface area contributed by atoms with Crippen molar-refractivity contribution in [1.82, 2.24) is 5.32 Å². The third-order valence-electron chi connectivity index (χ3n) is 2.18. The zero-order valence-corrected chi connectivity index (χ0v) is 11.1. The average molecular weight is 250 g/mol. The number of β-lactam (4-membered cyclic amide) rings is 1. The van der Waals surface area contributed by atoms with Crippen LogP contribution in [0.1, 0.15) is 32.3 Å². The van der Waals surface area contributed by atoms with E-state index in [2.05, 4.69) is 5.32 Å². The Bertz CT molecular complexity index is 344. The lowest BCUT2D eigenvalue weighted by Crippen LogP contribution is -2.37. The summed E-state index contributed by atoms with van der Waals surface area (Å²) in [6, 6.07) is 9.84. The van der Waals surface area contributed by atoms with Gasteiger partial charge in [-0.3, -0.25) is 9.59 Å². The van der Waals surface area contributed by atoms with Gasteiger partial charge in [-0.25, -0.2) is 0 Å². The van der Waals surface area contributed by atoms with E-state index in [1.807, 2.05) is 44.2 Å². The molecule has 0 atom stereocenters. The molecule has 3 N–H and O–H groups in total. The average Bonchev–Trinajstić information content (AvgIpc) is 2.38. The van der Waals surface area contributed by atoms with Crippen molar-refractivity contribution in [2.24, 2.45) is 5.73 Å². The molecule has 1 aromatic carbocycles. The first-order valence-corrected chi connectivity index (χ1v) is 6.27. The van der Waals surface area contributed by atoms with Gasteiger partial charge >= 0.3 is 0 Å². The van der Waals surface area contributed by atoms with Crippen molar-refractivity contribution in [3.05, 3.63) is 35.9 Å². The Balaban J connectivity index is 0.000000343. The molecule has 1 aromatic rings. The summed E-state index contributed by atoms with van der Waals surface area (Å²) in [6.45, 7) is 4.89. The second-order valence-electron chi connectivity index (χ2n) is 3.55. The number of aryl methyl sites for hydroxylation is 1. The Morgan fingerprint density at radius 3 is 2.11 bits per heavy atom. The van der Waals surface area contributed by atoms with Gasteiger partial charge in [0, 0.05) is 19.4 Å². The number of hydrogen-bond acceptors (Lipinski definition) is 2. The van der Waals surface area contributed by atoms with E-state index in [4.69, 9.17) is 5.73 Å². The summed E-state index contributed by atoms with van der Waals surface area (Å²) < 4.78 is 0. The van der Waals surface area contributed by atoms with E-state index in [0.29, 0.717) is 6.42 Å². The molecule has 2 amide bonds. The monoisotopic (exact) mass is 250 g/mol. The Hall–Kier alpha value is -1.84. The molecule has 1 saturated heterocycles. The molecule has 1 heterocycles.